The first-order valence-electron chi connectivity index (χ1n) is 5.06. The molecule has 0 aromatic carbocycles. The molecular weight excluding hydrogens is 200 g/mol. The minimum Gasteiger partial charge on any atom is -0.434 e. The molecule has 0 amide bonds. The van der Waals surface area contributed by atoms with E-state index >= 15 is 0 Å². The summed E-state index contributed by atoms with van der Waals surface area (Å²) in [6.45, 7) is 5.92. The summed E-state index contributed by atoms with van der Waals surface area (Å²) in [6, 6.07) is 0. The molecule has 15 heavy (non-hydrogen) atoms. The molecule has 0 aliphatic rings. The number of esters is 1. The van der Waals surface area contributed by atoms with Crippen LogP contribution in [0.4, 0.5) is 0 Å². The molecule has 0 rings (SSSR count). The quantitative estimate of drug-likeness (QED) is 0.370. The molecule has 0 aliphatic heterocycles. The number of hydrogen-bond acceptors (Lipinski definition) is 5. The van der Waals surface area contributed by atoms with Crippen molar-refractivity contribution in [3.63, 3.8) is 0 Å². The SMILES string of the molecule is CCC(C)(OCCOCCO)OC(C)=O. The van der Waals surface area contributed by atoms with Gasteiger partial charge in [0.1, 0.15) is 0 Å². The van der Waals surface area contributed by atoms with Crippen molar-refractivity contribution in [3.8, 4) is 0 Å². The van der Waals surface area contributed by atoms with Gasteiger partial charge >= 0.3 is 5.97 Å². The lowest BCUT2D eigenvalue weighted by Crippen LogP contribution is -2.34. The Balaban J connectivity index is 3.73. The molecule has 0 saturated carbocycles. The third-order valence-electron chi connectivity index (χ3n) is 1.87. The smallest absolute Gasteiger partial charge is 0.305 e. The predicted octanol–water partition coefficient (Wildman–Crippen LogP) is 0.701. The number of carbonyl (C=O) groups is 1. The van der Waals surface area contributed by atoms with Crippen LogP contribution in [0, 0.1) is 0 Å². The summed E-state index contributed by atoms with van der Waals surface area (Å²) in [4.78, 5) is 10.8. The highest BCUT2D eigenvalue weighted by Gasteiger charge is 2.25. The van der Waals surface area contributed by atoms with Crippen molar-refractivity contribution in [2.24, 2.45) is 0 Å². The number of rotatable bonds is 8. The van der Waals surface area contributed by atoms with Gasteiger partial charge in [0.05, 0.1) is 26.4 Å². The van der Waals surface area contributed by atoms with Crippen LogP contribution in [0.25, 0.3) is 0 Å². The highest BCUT2D eigenvalue weighted by atomic mass is 16.7. The van der Waals surface area contributed by atoms with Gasteiger partial charge in [-0.05, 0) is 0 Å². The van der Waals surface area contributed by atoms with E-state index in [-0.39, 0.29) is 12.6 Å². The first-order valence-corrected chi connectivity index (χ1v) is 5.06. The van der Waals surface area contributed by atoms with Gasteiger partial charge in [-0.15, -0.1) is 0 Å². The monoisotopic (exact) mass is 220 g/mol. The molecule has 0 radical (unpaired) electrons. The van der Waals surface area contributed by atoms with Gasteiger partial charge in [-0.3, -0.25) is 4.79 Å². The molecule has 0 bridgehead atoms. The molecular formula is C10H20O5. The van der Waals surface area contributed by atoms with Gasteiger partial charge in [0, 0.05) is 20.3 Å². The van der Waals surface area contributed by atoms with Crippen molar-refractivity contribution < 1.29 is 24.1 Å². The van der Waals surface area contributed by atoms with Crippen molar-refractivity contribution in [2.45, 2.75) is 33.0 Å². The normalized spacial score (nSPS) is 14.7. The summed E-state index contributed by atoms with van der Waals surface area (Å²) in [5.41, 5.74) is 0. The molecule has 1 unspecified atom stereocenters. The van der Waals surface area contributed by atoms with Crippen LogP contribution in [-0.2, 0) is 19.0 Å². The molecule has 0 heterocycles. The summed E-state index contributed by atoms with van der Waals surface area (Å²) in [5.74, 6) is -1.25. The summed E-state index contributed by atoms with van der Waals surface area (Å²) in [6.07, 6.45) is 0.576. The summed E-state index contributed by atoms with van der Waals surface area (Å²) in [5, 5.41) is 8.46. The van der Waals surface area contributed by atoms with Crippen LogP contribution in [0.5, 0.6) is 0 Å². The lowest BCUT2D eigenvalue weighted by atomic mass is 10.2. The molecule has 0 spiro atoms. The molecule has 5 heteroatoms. The summed E-state index contributed by atoms with van der Waals surface area (Å²) < 4.78 is 15.4. The standard InChI is InChI=1S/C10H20O5/c1-4-10(3,15-9(2)12)14-8-7-13-6-5-11/h11H,4-8H2,1-3H3. The van der Waals surface area contributed by atoms with Gasteiger partial charge < -0.3 is 19.3 Å². The maximum atomic E-state index is 10.8. The lowest BCUT2D eigenvalue weighted by molar-refractivity contribution is -0.226. The Morgan fingerprint density at radius 2 is 2.00 bits per heavy atom. The maximum Gasteiger partial charge on any atom is 0.305 e. The van der Waals surface area contributed by atoms with Gasteiger partial charge in [-0.1, -0.05) is 6.92 Å². The molecule has 0 fully saturated rings. The van der Waals surface area contributed by atoms with Crippen LogP contribution in [0.2, 0.25) is 0 Å². The van der Waals surface area contributed by atoms with Gasteiger partial charge in [-0.25, -0.2) is 0 Å². The Labute approximate surface area is 90.3 Å². The van der Waals surface area contributed by atoms with Crippen molar-refractivity contribution in [1.29, 1.82) is 0 Å². The summed E-state index contributed by atoms with van der Waals surface area (Å²) >= 11 is 0. The Kier molecular flexibility index (Phi) is 7.29. The van der Waals surface area contributed by atoms with E-state index < -0.39 is 5.79 Å². The second kappa shape index (κ2) is 7.62. The van der Waals surface area contributed by atoms with Crippen molar-refractivity contribution in [2.75, 3.05) is 26.4 Å². The Morgan fingerprint density at radius 1 is 1.33 bits per heavy atom. The van der Waals surface area contributed by atoms with Crippen LogP contribution >= 0.6 is 0 Å². The topological polar surface area (TPSA) is 65.0 Å². The fourth-order valence-electron chi connectivity index (χ4n) is 0.991. The number of carbonyl (C=O) groups excluding carboxylic acids is 1. The van der Waals surface area contributed by atoms with Crippen LogP contribution in [0.15, 0.2) is 0 Å². The average Bonchev–Trinajstić information content (AvgIpc) is 2.16. The Hall–Kier alpha value is -0.650. The summed E-state index contributed by atoms with van der Waals surface area (Å²) in [7, 11) is 0. The predicted molar refractivity (Wildman–Crippen MR) is 54.3 cm³/mol. The number of hydrogen-bond donors (Lipinski definition) is 1. The van der Waals surface area contributed by atoms with Crippen LogP contribution in [0.1, 0.15) is 27.2 Å². The van der Waals surface area contributed by atoms with Crippen LogP contribution in [0.3, 0.4) is 0 Å². The maximum absolute atomic E-state index is 10.8. The largest absolute Gasteiger partial charge is 0.434 e. The average molecular weight is 220 g/mol. The van der Waals surface area contributed by atoms with Crippen molar-refractivity contribution in [1.82, 2.24) is 0 Å². The van der Waals surface area contributed by atoms with E-state index in [4.69, 9.17) is 19.3 Å². The molecule has 0 aromatic heterocycles. The number of aliphatic hydroxyl groups is 1. The zero-order valence-corrected chi connectivity index (χ0v) is 9.62. The van der Waals surface area contributed by atoms with Crippen LogP contribution < -0.4 is 0 Å². The fraction of sp³-hybridized carbons (Fsp3) is 0.900. The van der Waals surface area contributed by atoms with Gasteiger partial charge in [0.15, 0.2) is 0 Å². The second-order valence-electron chi connectivity index (χ2n) is 3.27. The third kappa shape index (κ3) is 7.30. The van der Waals surface area contributed by atoms with Crippen molar-refractivity contribution in [3.05, 3.63) is 0 Å². The van der Waals surface area contributed by atoms with E-state index in [1.807, 2.05) is 6.92 Å². The Morgan fingerprint density at radius 3 is 2.47 bits per heavy atom. The first kappa shape index (κ1) is 14.3. The number of ether oxygens (including phenoxy) is 3. The van der Waals surface area contributed by atoms with E-state index in [0.29, 0.717) is 26.2 Å². The molecule has 0 aromatic rings. The molecule has 90 valence electrons. The molecule has 1 N–H and O–H groups in total. The van der Waals surface area contributed by atoms with Gasteiger partial charge in [-0.2, -0.15) is 0 Å². The minimum atomic E-state index is -0.881. The molecule has 1 atom stereocenters. The Bertz CT molecular complexity index is 183. The van der Waals surface area contributed by atoms with E-state index in [1.165, 1.54) is 6.92 Å². The van der Waals surface area contributed by atoms with Crippen molar-refractivity contribution >= 4 is 5.97 Å². The minimum absolute atomic E-state index is 0.00497. The zero-order valence-electron chi connectivity index (χ0n) is 9.62. The lowest BCUT2D eigenvalue weighted by Gasteiger charge is -2.27. The highest BCUT2D eigenvalue weighted by molar-refractivity contribution is 5.66. The van der Waals surface area contributed by atoms with E-state index in [1.54, 1.807) is 6.92 Å². The second-order valence-corrected chi connectivity index (χ2v) is 3.27. The molecule has 0 aliphatic carbocycles. The van der Waals surface area contributed by atoms with Gasteiger partial charge in [0.2, 0.25) is 5.79 Å². The van der Waals surface area contributed by atoms with E-state index in [2.05, 4.69) is 0 Å². The van der Waals surface area contributed by atoms with E-state index in [0.717, 1.165) is 0 Å². The molecule has 0 saturated heterocycles. The van der Waals surface area contributed by atoms with Gasteiger partial charge in [0.25, 0.3) is 0 Å². The fourth-order valence-corrected chi connectivity index (χ4v) is 0.991. The third-order valence-corrected chi connectivity index (χ3v) is 1.87. The molecule has 5 nitrogen and oxygen atoms in total. The zero-order chi connectivity index (χ0) is 11.7. The first-order chi connectivity index (χ1) is 7.04. The highest BCUT2D eigenvalue weighted by Crippen LogP contribution is 2.16. The number of aliphatic hydroxyl groups excluding tert-OH is 1. The van der Waals surface area contributed by atoms with E-state index in [9.17, 15) is 4.79 Å². The van der Waals surface area contributed by atoms with Crippen LogP contribution in [-0.4, -0.2) is 43.3 Å².